The van der Waals surface area contributed by atoms with Gasteiger partial charge < -0.3 is 19.9 Å². The average Bonchev–Trinajstić information content (AvgIpc) is 3.51. The minimum absolute atomic E-state index is 0.0611. The first-order valence-corrected chi connectivity index (χ1v) is 13.6. The van der Waals surface area contributed by atoms with E-state index in [4.69, 9.17) is 4.74 Å². The number of nitriles is 1. The molecule has 1 atom stereocenters. The summed E-state index contributed by atoms with van der Waals surface area (Å²) < 4.78 is 7.01. The normalized spacial score (nSPS) is 16.9. The van der Waals surface area contributed by atoms with E-state index in [0.717, 1.165) is 28.9 Å². The van der Waals surface area contributed by atoms with Crippen molar-refractivity contribution in [1.82, 2.24) is 24.8 Å². The minimum Gasteiger partial charge on any atom is -0.444 e. The monoisotopic (exact) mass is 559 g/mol. The Morgan fingerprint density at radius 1 is 1.22 bits per heavy atom. The third kappa shape index (κ3) is 6.32. The van der Waals surface area contributed by atoms with E-state index in [-0.39, 0.29) is 29.3 Å². The number of likely N-dealkylation sites (N-methyl/N-ethyl adjacent to an activating group) is 1. The molecule has 1 fully saturated rings. The number of hydrogen-bond donors (Lipinski definition) is 1. The number of rotatable bonds is 7. The first-order valence-electron chi connectivity index (χ1n) is 13.6. The summed E-state index contributed by atoms with van der Waals surface area (Å²) in [6.07, 6.45) is 0.315. The number of aromatic nitrogens is 3. The van der Waals surface area contributed by atoms with E-state index in [9.17, 15) is 19.6 Å². The Hall–Kier alpha value is -4.46. The van der Waals surface area contributed by atoms with Crippen LogP contribution in [0.2, 0.25) is 0 Å². The Balaban J connectivity index is 1.79. The molecule has 0 unspecified atom stereocenters. The van der Waals surface area contributed by atoms with Crippen molar-refractivity contribution in [3.8, 4) is 17.2 Å². The Bertz CT molecular complexity index is 1530. The SMILES string of the molecule is CC(=O)N(C)CC(=O)c1nc2c(C#N)c(C)c(-c3ccccc3)c(N3CC[C@@](C)(CNC(=O)OC(C)(C)C)C3)n2n1. The van der Waals surface area contributed by atoms with E-state index in [2.05, 4.69) is 33.3 Å². The molecule has 11 heteroatoms. The number of nitrogens with zero attached hydrogens (tertiary/aromatic N) is 6. The predicted molar refractivity (Wildman–Crippen MR) is 155 cm³/mol. The van der Waals surface area contributed by atoms with Crippen molar-refractivity contribution in [3.63, 3.8) is 0 Å². The number of alkyl carbamates (subject to hydrolysis) is 1. The number of pyridine rings is 1. The summed E-state index contributed by atoms with van der Waals surface area (Å²) in [7, 11) is 1.54. The Kier molecular flexibility index (Phi) is 8.06. The Morgan fingerprint density at radius 2 is 1.90 bits per heavy atom. The number of fused-ring (bicyclic) bond motifs is 1. The fourth-order valence-corrected chi connectivity index (χ4v) is 5.03. The number of amides is 2. The van der Waals surface area contributed by atoms with Gasteiger partial charge in [-0.15, -0.1) is 5.10 Å². The third-order valence-electron chi connectivity index (χ3n) is 7.26. The molecule has 1 aliphatic rings. The van der Waals surface area contributed by atoms with Gasteiger partial charge >= 0.3 is 6.09 Å². The number of ketones is 1. The summed E-state index contributed by atoms with van der Waals surface area (Å²) in [5, 5.41) is 17.7. The van der Waals surface area contributed by atoms with Gasteiger partial charge in [0, 0.05) is 44.6 Å². The van der Waals surface area contributed by atoms with Crippen LogP contribution in [0.1, 0.15) is 62.8 Å². The molecule has 2 aromatic heterocycles. The van der Waals surface area contributed by atoms with Crippen molar-refractivity contribution in [3.05, 3.63) is 47.3 Å². The number of benzene rings is 1. The summed E-state index contributed by atoms with van der Waals surface area (Å²) in [5.41, 5.74) is 2.20. The Labute approximate surface area is 240 Å². The molecule has 0 spiro atoms. The molecule has 0 aliphatic carbocycles. The third-order valence-corrected chi connectivity index (χ3v) is 7.26. The molecule has 216 valence electrons. The summed E-state index contributed by atoms with van der Waals surface area (Å²) in [4.78, 5) is 45.1. The molecule has 3 heterocycles. The van der Waals surface area contributed by atoms with Crippen LogP contribution >= 0.6 is 0 Å². The lowest BCUT2D eigenvalue weighted by molar-refractivity contribution is -0.127. The van der Waals surface area contributed by atoms with E-state index < -0.39 is 17.5 Å². The van der Waals surface area contributed by atoms with Gasteiger partial charge in [0.25, 0.3) is 0 Å². The van der Waals surface area contributed by atoms with Crippen molar-refractivity contribution >= 4 is 29.2 Å². The van der Waals surface area contributed by atoms with Gasteiger partial charge in [-0.25, -0.2) is 9.78 Å². The van der Waals surface area contributed by atoms with Gasteiger partial charge in [0.15, 0.2) is 5.65 Å². The maximum Gasteiger partial charge on any atom is 0.407 e. The Morgan fingerprint density at radius 3 is 2.51 bits per heavy atom. The zero-order chi connectivity index (χ0) is 30.1. The molecule has 0 saturated carbocycles. The fourth-order valence-electron chi connectivity index (χ4n) is 5.03. The van der Waals surface area contributed by atoms with Gasteiger partial charge in [-0.05, 0) is 45.2 Å². The number of ether oxygens (including phenoxy) is 1. The molecule has 1 aliphatic heterocycles. The van der Waals surface area contributed by atoms with Gasteiger partial charge in [-0.1, -0.05) is 37.3 Å². The minimum atomic E-state index is -0.593. The number of nitrogens with one attached hydrogen (secondary N) is 1. The van der Waals surface area contributed by atoms with Gasteiger partial charge in [-0.3, -0.25) is 9.59 Å². The second kappa shape index (κ2) is 11.2. The second-order valence-corrected chi connectivity index (χ2v) is 12.0. The number of anilines is 1. The summed E-state index contributed by atoms with van der Waals surface area (Å²) >= 11 is 0. The van der Waals surface area contributed by atoms with Crippen LogP contribution in [0, 0.1) is 23.7 Å². The lowest BCUT2D eigenvalue weighted by Gasteiger charge is -2.28. The van der Waals surface area contributed by atoms with Crippen LogP contribution in [-0.2, 0) is 9.53 Å². The van der Waals surface area contributed by atoms with Crippen LogP contribution < -0.4 is 10.2 Å². The fraction of sp³-hybridized carbons (Fsp3) is 0.467. The summed E-state index contributed by atoms with van der Waals surface area (Å²) in [6, 6.07) is 12.0. The smallest absolute Gasteiger partial charge is 0.407 e. The largest absolute Gasteiger partial charge is 0.444 e. The highest BCUT2D eigenvalue weighted by Gasteiger charge is 2.38. The van der Waals surface area contributed by atoms with Crippen molar-refractivity contribution in [2.45, 2.75) is 53.6 Å². The number of hydrogen-bond acceptors (Lipinski definition) is 8. The van der Waals surface area contributed by atoms with E-state index in [0.29, 0.717) is 25.2 Å². The molecule has 4 rings (SSSR count). The lowest BCUT2D eigenvalue weighted by Crippen LogP contribution is -2.40. The highest BCUT2D eigenvalue weighted by atomic mass is 16.6. The maximum atomic E-state index is 13.1. The molecule has 11 nitrogen and oxygen atoms in total. The van der Waals surface area contributed by atoms with Crippen LogP contribution in [0.4, 0.5) is 10.6 Å². The molecule has 41 heavy (non-hydrogen) atoms. The van der Waals surface area contributed by atoms with Gasteiger partial charge in [0.05, 0.1) is 6.54 Å². The molecule has 1 saturated heterocycles. The van der Waals surface area contributed by atoms with Crippen LogP contribution in [0.25, 0.3) is 16.8 Å². The van der Waals surface area contributed by atoms with E-state index in [1.165, 1.54) is 18.9 Å². The lowest BCUT2D eigenvalue weighted by atomic mass is 9.90. The zero-order valence-electron chi connectivity index (χ0n) is 24.7. The van der Waals surface area contributed by atoms with Crippen molar-refractivity contribution in [2.75, 3.05) is 38.1 Å². The molecular weight excluding hydrogens is 522 g/mol. The van der Waals surface area contributed by atoms with Gasteiger partial charge in [0.1, 0.15) is 23.1 Å². The highest BCUT2D eigenvalue weighted by Crippen LogP contribution is 2.41. The van der Waals surface area contributed by atoms with Crippen molar-refractivity contribution in [2.24, 2.45) is 5.41 Å². The first-order chi connectivity index (χ1) is 19.2. The second-order valence-electron chi connectivity index (χ2n) is 12.0. The maximum absolute atomic E-state index is 13.1. The molecule has 0 bridgehead atoms. The molecular formula is C30H37N7O4. The molecule has 1 aromatic carbocycles. The molecule has 2 amide bonds. The molecule has 0 radical (unpaired) electrons. The van der Waals surface area contributed by atoms with Crippen LogP contribution in [0.3, 0.4) is 0 Å². The number of Topliss-reactive ketones (excluding diaryl/α,β-unsaturated/α-hetero) is 1. The van der Waals surface area contributed by atoms with E-state index >= 15 is 0 Å². The zero-order valence-corrected chi connectivity index (χ0v) is 24.7. The van der Waals surface area contributed by atoms with E-state index in [1.54, 1.807) is 4.52 Å². The van der Waals surface area contributed by atoms with Crippen LogP contribution in [-0.4, -0.2) is 76.1 Å². The number of carbonyl (C=O) groups is 3. The van der Waals surface area contributed by atoms with E-state index in [1.807, 2.05) is 58.0 Å². The topological polar surface area (TPSA) is 133 Å². The van der Waals surface area contributed by atoms with Crippen LogP contribution in [0.15, 0.2) is 30.3 Å². The van der Waals surface area contributed by atoms with Gasteiger partial charge in [-0.2, -0.15) is 9.78 Å². The first kappa shape index (κ1) is 29.5. The van der Waals surface area contributed by atoms with Crippen LogP contribution in [0.5, 0.6) is 0 Å². The molecule has 3 aromatic rings. The summed E-state index contributed by atoms with van der Waals surface area (Å²) in [6.45, 7) is 12.3. The quantitative estimate of drug-likeness (QED) is 0.430. The average molecular weight is 560 g/mol. The number of carbonyl (C=O) groups excluding carboxylic acids is 3. The highest BCUT2D eigenvalue weighted by molar-refractivity contribution is 5.97. The van der Waals surface area contributed by atoms with Crippen molar-refractivity contribution < 1.29 is 19.1 Å². The van der Waals surface area contributed by atoms with Crippen molar-refractivity contribution in [1.29, 1.82) is 5.26 Å². The van der Waals surface area contributed by atoms with Gasteiger partial charge in [0.2, 0.25) is 17.5 Å². The standard InChI is InChI=1S/C30H37N7O4/c1-19-22(15-31)26-33-25(23(39)16-35(7)20(2)38)34-37(26)27(24(19)21-11-9-8-10-12-21)36-14-13-30(6,18-36)17-32-28(40)41-29(3,4)5/h8-12H,13-14,16-18H2,1-7H3,(H,32,40)/t30-/m0/s1. The molecule has 1 N–H and O–H groups in total. The summed E-state index contributed by atoms with van der Waals surface area (Å²) in [5.74, 6) is -0.0174. The predicted octanol–water partition coefficient (Wildman–Crippen LogP) is 3.98.